The highest BCUT2D eigenvalue weighted by Gasteiger charge is 2.24. The van der Waals surface area contributed by atoms with Crippen LogP contribution in [-0.2, 0) is 25.6 Å². The fourth-order valence-electron chi connectivity index (χ4n) is 1.47. The van der Waals surface area contributed by atoms with Gasteiger partial charge in [-0.05, 0) is 5.56 Å². The number of esters is 1. The predicted octanol–water partition coefficient (Wildman–Crippen LogP) is 1.15. The van der Waals surface area contributed by atoms with Crippen LogP contribution in [0.3, 0.4) is 0 Å². The molecule has 1 atom stereocenters. The highest BCUT2D eigenvalue weighted by Crippen LogP contribution is 2.06. The molecule has 1 saturated heterocycles. The third kappa shape index (κ3) is 3.05. The summed E-state index contributed by atoms with van der Waals surface area (Å²) in [4.78, 5) is 11.2. The van der Waals surface area contributed by atoms with Gasteiger partial charge in [0.1, 0.15) is 6.61 Å². The van der Waals surface area contributed by atoms with Crippen molar-refractivity contribution in [3.05, 3.63) is 35.9 Å². The SMILES string of the molecule is O=C1OCCOC1COCc1ccccc1. The number of hydrogen-bond acceptors (Lipinski definition) is 4. The minimum Gasteiger partial charge on any atom is -0.461 e. The Morgan fingerprint density at radius 2 is 2.06 bits per heavy atom. The molecule has 1 aromatic rings. The summed E-state index contributed by atoms with van der Waals surface area (Å²) in [5, 5.41) is 0. The first-order chi connectivity index (χ1) is 7.86. The lowest BCUT2D eigenvalue weighted by Crippen LogP contribution is -2.37. The Bertz CT molecular complexity index is 336. The molecule has 4 heteroatoms. The highest BCUT2D eigenvalue weighted by atomic mass is 16.6. The molecule has 1 aliphatic rings. The molecule has 0 aliphatic carbocycles. The number of benzene rings is 1. The first-order valence-electron chi connectivity index (χ1n) is 5.26. The molecule has 1 heterocycles. The number of cyclic esters (lactones) is 1. The number of rotatable bonds is 4. The van der Waals surface area contributed by atoms with Gasteiger partial charge in [0.15, 0.2) is 6.10 Å². The number of hydrogen-bond donors (Lipinski definition) is 0. The van der Waals surface area contributed by atoms with Crippen molar-refractivity contribution in [3.8, 4) is 0 Å². The summed E-state index contributed by atoms with van der Waals surface area (Å²) < 4.78 is 15.5. The molecule has 86 valence electrons. The van der Waals surface area contributed by atoms with Gasteiger partial charge in [0.2, 0.25) is 0 Å². The lowest BCUT2D eigenvalue weighted by atomic mass is 10.2. The van der Waals surface area contributed by atoms with E-state index in [0.717, 1.165) is 5.56 Å². The average molecular weight is 222 g/mol. The molecule has 0 radical (unpaired) electrons. The van der Waals surface area contributed by atoms with Crippen LogP contribution in [0, 0.1) is 0 Å². The van der Waals surface area contributed by atoms with E-state index in [4.69, 9.17) is 14.2 Å². The minimum atomic E-state index is -0.572. The normalized spacial score (nSPS) is 20.5. The molecular formula is C12H14O4. The van der Waals surface area contributed by atoms with Crippen LogP contribution in [-0.4, -0.2) is 31.9 Å². The van der Waals surface area contributed by atoms with Crippen molar-refractivity contribution in [2.45, 2.75) is 12.7 Å². The van der Waals surface area contributed by atoms with Gasteiger partial charge < -0.3 is 14.2 Å². The van der Waals surface area contributed by atoms with E-state index < -0.39 is 6.10 Å². The monoisotopic (exact) mass is 222 g/mol. The topological polar surface area (TPSA) is 44.8 Å². The maximum absolute atomic E-state index is 11.2. The first-order valence-corrected chi connectivity index (χ1v) is 5.26. The van der Waals surface area contributed by atoms with E-state index in [-0.39, 0.29) is 12.6 Å². The third-order valence-electron chi connectivity index (χ3n) is 2.29. The molecule has 1 fully saturated rings. The van der Waals surface area contributed by atoms with Crippen molar-refractivity contribution in [2.75, 3.05) is 19.8 Å². The molecule has 0 bridgehead atoms. The summed E-state index contributed by atoms with van der Waals surface area (Å²) in [7, 11) is 0. The van der Waals surface area contributed by atoms with E-state index in [9.17, 15) is 4.79 Å². The second-order valence-corrected chi connectivity index (χ2v) is 3.53. The van der Waals surface area contributed by atoms with Gasteiger partial charge in [-0.2, -0.15) is 0 Å². The van der Waals surface area contributed by atoms with Crippen LogP contribution < -0.4 is 0 Å². The van der Waals surface area contributed by atoms with Crippen molar-refractivity contribution in [2.24, 2.45) is 0 Å². The highest BCUT2D eigenvalue weighted by molar-refractivity contribution is 5.75. The van der Waals surface area contributed by atoms with Gasteiger partial charge in [0.05, 0.1) is 19.8 Å². The Morgan fingerprint density at radius 3 is 2.81 bits per heavy atom. The van der Waals surface area contributed by atoms with E-state index in [0.29, 0.717) is 19.8 Å². The molecule has 1 aliphatic heterocycles. The Kier molecular flexibility index (Phi) is 3.91. The van der Waals surface area contributed by atoms with Gasteiger partial charge in [-0.15, -0.1) is 0 Å². The molecule has 0 N–H and O–H groups in total. The van der Waals surface area contributed by atoms with Crippen LogP contribution in [0.5, 0.6) is 0 Å². The fraction of sp³-hybridized carbons (Fsp3) is 0.417. The molecule has 1 aromatic carbocycles. The van der Waals surface area contributed by atoms with E-state index in [1.165, 1.54) is 0 Å². The smallest absolute Gasteiger partial charge is 0.337 e. The summed E-state index contributed by atoms with van der Waals surface area (Å²) in [6.45, 7) is 1.51. The zero-order valence-electron chi connectivity index (χ0n) is 8.93. The van der Waals surface area contributed by atoms with E-state index in [2.05, 4.69) is 0 Å². The maximum Gasteiger partial charge on any atom is 0.337 e. The lowest BCUT2D eigenvalue weighted by Gasteiger charge is -2.21. The number of carbonyl (C=O) groups excluding carboxylic acids is 1. The van der Waals surface area contributed by atoms with Crippen LogP contribution in [0.15, 0.2) is 30.3 Å². The molecule has 0 spiro atoms. The molecular weight excluding hydrogens is 208 g/mol. The lowest BCUT2D eigenvalue weighted by molar-refractivity contribution is -0.176. The van der Waals surface area contributed by atoms with E-state index in [1.807, 2.05) is 30.3 Å². The number of carbonyl (C=O) groups is 1. The van der Waals surface area contributed by atoms with Crippen molar-refractivity contribution < 1.29 is 19.0 Å². The summed E-state index contributed by atoms with van der Waals surface area (Å²) in [6, 6.07) is 9.79. The average Bonchev–Trinajstić information content (AvgIpc) is 2.33. The summed E-state index contributed by atoms with van der Waals surface area (Å²) in [5.74, 6) is -0.334. The Balaban J connectivity index is 1.73. The van der Waals surface area contributed by atoms with E-state index >= 15 is 0 Å². The van der Waals surface area contributed by atoms with Crippen LogP contribution in [0.1, 0.15) is 5.56 Å². The van der Waals surface area contributed by atoms with Crippen molar-refractivity contribution in [3.63, 3.8) is 0 Å². The third-order valence-corrected chi connectivity index (χ3v) is 2.29. The van der Waals surface area contributed by atoms with Gasteiger partial charge in [0.25, 0.3) is 0 Å². The van der Waals surface area contributed by atoms with Crippen LogP contribution in [0.4, 0.5) is 0 Å². The van der Waals surface area contributed by atoms with Crippen molar-refractivity contribution >= 4 is 5.97 Å². The zero-order valence-corrected chi connectivity index (χ0v) is 8.93. The Hall–Kier alpha value is -1.39. The second kappa shape index (κ2) is 5.63. The van der Waals surface area contributed by atoms with Gasteiger partial charge in [0, 0.05) is 0 Å². The molecule has 2 rings (SSSR count). The summed E-state index contributed by atoms with van der Waals surface area (Å²) >= 11 is 0. The summed E-state index contributed by atoms with van der Waals surface area (Å²) in [6.07, 6.45) is -0.572. The van der Waals surface area contributed by atoms with Gasteiger partial charge in [-0.1, -0.05) is 30.3 Å². The van der Waals surface area contributed by atoms with Crippen LogP contribution in [0.25, 0.3) is 0 Å². The van der Waals surface area contributed by atoms with Crippen molar-refractivity contribution in [1.29, 1.82) is 0 Å². The Labute approximate surface area is 94.1 Å². The number of ether oxygens (including phenoxy) is 3. The quantitative estimate of drug-likeness (QED) is 0.717. The summed E-state index contributed by atoms with van der Waals surface area (Å²) in [5.41, 5.74) is 1.08. The standard InChI is InChI=1S/C12H14O4/c13-12-11(15-6-7-16-12)9-14-8-10-4-2-1-3-5-10/h1-5,11H,6-9H2. The van der Waals surface area contributed by atoms with Gasteiger partial charge >= 0.3 is 5.97 Å². The Morgan fingerprint density at radius 1 is 1.25 bits per heavy atom. The van der Waals surface area contributed by atoms with Gasteiger partial charge in [-0.25, -0.2) is 4.79 Å². The fourth-order valence-corrected chi connectivity index (χ4v) is 1.47. The largest absolute Gasteiger partial charge is 0.461 e. The molecule has 0 amide bonds. The van der Waals surface area contributed by atoms with E-state index in [1.54, 1.807) is 0 Å². The van der Waals surface area contributed by atoms with Gasteiger partial charge in [-0.3, -0.25) is 0 Å². The van der Waals surface area contributed by atoms with Crippen LogP contribution >= 0.6 is 0 Å². The first kappa shape index (κ1) is 11.1. The second-order valence-electron chi connectivity index (χ2n) is 3.53. The minimum absolute atomic E-state index is 0.244. The molecule has 1 unspecified atom stereocenters. The molecule has 16 heavy (non-hydrogen) atoms. The zero-order chi connectivity index (χ0) is 11.2. The predicted molar refractivity (Wildman–Crippen MR) is 56.8 cm³/mol. The molecule has 0 saturated carbocycles. The molecule has 4 nitrogen and oxygen atoms in total. The van der Waals surface area contributed by atoms with Crippen molar-refractivity contribution in [1.82, 2.24) is 0 Å². The van der Waals surface area contributed by atoms with Crippen LogP contribution in [0.2, 0.25) is 0 Å². The molecule has 0 aromatic heterocycles. The maximum atomic E-state index is 11.2.